The van der Waals surface area contributed by atoms with Crippen molar-refractivity contribution in [1.82, 2.24) is 14.9 Å². The van der Waals surface area contributed by atoms with Gasteiger partial charge in [-0.3, -0.25) is 9.88 Å². The molecule has 18 heavy (non-hydrogen) atoms. The van der Waals surface area contributed by atoms with E-state index in [9.17, 15) is 0 Å². The van der Waals surface area contributed by atoms with Gasteiger partial charge in [-0.2, -0.15) is 5.26 Å². The lowest BCUT2D eigenvalue weighted by Crippen LogP contribution is -2.17. The Labute approximate surface area is 107 Å². The van der Waals surface area contributed by atoms with E-state index in [-0.39, 0.29) is 0 Å². The largest absolute Gasteiger partial charge is 0.298 e. The second kappa shape index (κ2) is 5.89. The van der Waals surface area contributed by atoms with Crippen LogP contribution in [0.15, 0.2) is 42.9 Å². The molecule has 0 aliphatic heterocycles. The number of nitrogens with zero attached hydrogens (tertiary/aromatic N) is 4. The molecule has 0 amide bonds. The maximum atomic E-state index is 8.80. The van der Waals surface area contributed by atoms with E-state index in [1.54, 1.807) is 18.6 Å². The molecule has 2 aromatic heterocycles. The summed E-state index contributed by atoms with van der Waals surface area (Å²) in [7, 11) is 2.05. The van der Waals surface area contributed by atoms with Crippen LogP contribution in [-0.2, 0) is 13.1 Å². The monoisotopic (exact) mass is 238 g/mol. The first-order valence-electron chi connectivity index (χ1n) is 5.70. The van der Waals surface area contributed by atoms with Gasteiger partial charge in [0.05, 0.1) is 0 Å². The van der Waals surface area contributed by atoms with Crippen LogP contribution < -0.4 is 0 Å². The molecule has 90 valence electrons. The van der Waals surface area contributed by atoms with E-state index in [1.165, 1.54) is 5.56 Å². The average Bonchev–Trinajstić information content (AvgIpc) is 2.40. The minimum atomic E-state index is 0.463. The Morgan fingerprint density at radius 1 is 1.11 bits per heavy atom. The van der Waals surface area contributed by atoms with Crippen LogP contribution in [0.2, 0.25) is 0 Å². The lowest BCUT2D eigenvalue weighted by molar-refractivity contribution is 0.319. The highest BCUT2D eigenvalue weighted by Crippen LogP contribution is 2.07. The van der Waals surface area contributed by atoms with Crippen LogP contribution in [0.5, 0.6) is 0 Å². The van der Waals surface area contributed by atoms with Crippen LogP contribution in [0.25, 0.3) is 0 Å². The third kappa shape index (κ3) is 3.37. The number of hydrogen-bond acceptors (Lipinski definition) is 4. The highest BCUT2D eigenvalue weighted by Gasteiger charge is 2.03. The van der Waals surface area contributed by atoms with Gasteiger partial charge in [0.1, 0.15) is 11.8 Å². The molecule has 0 saturated heterocycles. The van der Waals surface area contributed by atoms with Gasteiger partial charge in [-0.25, -0.2) is 4.98 Å². The van der Waals surface area contributed by atoms with Crippen LogP contribution >= 0.6 is 0 Å². The fourth-order valence-electron chi connectivity index (χ4n) is 1.80. The zero-order valence-corrected chi connectivity index (χ0v) is 10.2. The van der Waals surface area contributed by atoms with Crippen molar-refractivity contribution in [3.63, 3.8) is 0 Å². The van der Waals surface area contributed by atoms with E-state index in [1.807, 2.05) is 31.3 Å². The second-order valence-corrected chi connectivity index (χ2v) is 4.19. The molecule has 0 unspecified atom stereocenters. The maximum Gasteiger partial charge on any atom is 0.140 e. The zero-order valence-electron chi connectivity index (χ0n) is 10.2. The van der Waals surface area contributed by atoms with E-state index >= 15 is 0 Å². The second-order valence-electron chi connectivity index (χ2n) is 4.19. The van der Waals surface area contributed by atoms with Crippen molar-refractivity contribution in [2.24, 2.45) is 0 Å². The smallest absolute Gasteiger partial charge is 0.140 e. The Balaban J connectivity index is 1.99. The molecule has 2 rings (SSSR count). The first-order valence-corrected chi connectivity index (χ1v) is 5.70. The number of hydrogen-bond donors (Lipinski definition) is 0. The molecule has 4 heteroatoms. The molecule has 0 fully saturated rings. The quantitative estimate of drug-likeness (QED) is 0.817. The fraction of sp³-hybridized carbons (Fsp3) is 0.214. The Bertz CT molecular complexity index is 545. The summed E-state index contributed by atoms with van der Waals surface area (Å²) in [6.45, 7) is 1.65. The van der Waals surface area contributed by atoms with Gasteiger partial charge in [-0.15, -0.1) is 0 Å². The third-order valence-corrected chi connectivity index (χ3v) is 2.59. The van der Waals surface area contributed by atoms with Crippen LogP contribution in [0.1, 0.15) is 16.8 Å². The van der Waals surface area contributed by atoms with Gasteiger partial charge in [0, 0.05) is 31.7 Å². The van der Waals surface area contributed by atoms with Gasteiger partial charge in [-0.1, -0.05) is 0 Å². The highest BCUT2D eigenvalue weighted by atomic mass is 15.1. The van der Waals surface area contributed by atoms with Gasteiger partial charge in [0.25, 0.3) is 0 Å². The Kier molecular flexibility index (Phi) is 4.00. The van der Waals surface area contributed by atoms with Gasteiger partial charge >= 0.3 is 0 Å². The highest BCUT2D eigenvalue weighted by molar-refractivity contribution is 5.25. The van der Waals surface area contributed by atoms with Gasteiger partial charge < -0.3 is 0 Å². The van der Waals surface area contributed by atoms with E-state index < -0.39 is 0 Å². The summed E-state index contributed by atoms with van der Waals surface area (Å²) in [5, 5.41) is 8.80. The van der Waals surface area contributed by atoms with Crippen molar-refractivity contribution in [3.05, 3.63) is 59.7 Å². The molecule has 2 heterocycles. The Hall–Kier alpha value is -2.25. The summed E-state index contributed by atoms with van der Waals surface area (Å²) < 4.78 is 0. The fourth-order valence-corrected chi connectivity index (χ4v) is 1.80. The van der Waals surface area contributed by atoms with Gasteiger partial charge in [0.2, 0.25) is 0 Å². The minimum absolute atomic E-state index is 0.463. The molecule has 0 aliphatic carbocycles. The van der Waals surface area contributed by atoms with Crippen molar-refractivity contribution in [2.75, 3.05) is 7.05 Å². The van der Waals surface area contributed by atoms with E-state index in [2.05, 4.69) is 20.9 Å². The van der Waals surface area contributed by atoms with E-state index in [0.717, 1.165) is 18.7 Å². The van der Waals surface area contributed by atoms with E-state index in [0.29, 0.717) is 5.69 Å². The van der Waals surface area contributed by atoms with Gasteiger partial charge in [-0.05, 0) is 42.4 Å². The zero-order chi connectivity index (χ0) is 12.8. The van der Waals surface area contributed by atoms with Crippen LogP contribution in [0, 0.1) is 11.3 Å². The average molecular weight is 238 g/mol. The molecule has 0 atom stereocenters. The van der Waals surface area contributed by atoms with Crippen molar-refractivity contribution in [2.45, 2.75) is 13.1 Å². The molecule has 0 bridgehead atoms. The lowest BCUT2D eigenvalue weighted by atomic mass is 10.2. The van der Waals surface area contributed by atoms with Crippen molar-refractivity contribution in [1.29, 1.82) is 5.26 Å². The number of rotatable bonds is 4. The van der Waals surface area contributed by atoms with Crippen LogP contribution in [0.4, 0.5) is 0 Å². The van der Waals surface area contributed by atoms with E-state index in [4.69, 9.17) is 5.26 Å². The first kappa shape index (κ1) is 12.2. The summed E-state index contributed by atoms with van der Waals surface area (Å²) >= 11 is 0. The minimum Gasteiger partial charge on any atom is -0.298 e. The summed E-state index contributed by atoms with van der Waals surface area (Å²) in [6, 6.07) is 9.82. The molecule has 0 radical (unpaired) electrons. The molecule has 0 spiro atoms. The molecule has 0 aromatic carbocycles. The van der Waals surface area contributed by atoms with Crippen LogP contribution in [0.3, 0.4) is 0 Å². The molecular weight excluding hydrogens is 224 g/mol. The number of pyridine rings is 2. The topological polar surface area (TPSA) is 52.8 Å². The van der Waals surface area contributed by atoms with Gasteiger partial charge in [0.15, 0.2) is 0 Å². The summed E-state index contributed by atoms with van der Waals surface area (Å²) in [4.78, 5) is 10.1. The molecule has 0 aliphatic rings. The normalized spacial score (nSPS) is 10.3. The lowest BCUT2D eigenvalue weighted by Gasteiger charge is -2.16. The Morgan fingerprint density at radius 3 is 2.50 bits per heavy atom. The van der Waals surface area contributed by atoms with Crippen molar-refractivity contribution >= 4 is 0 Å². The standard InChI is InChI=1S/C14H14N4/c1-18(10-12-2-5-16-6-3-12)11-13-4-7-17-14(8-13)9-15/h2-8H,10-11H2,1H3. The SMILES string of the molecule is CN(Cc1ccncc1)Cc1ccnc(C#N)c1. The summed E-state index contributed by atoms with van der Waals surface area (Å²) in [6.07, 6.45) is 5.26. The predicted molar refractivity (Wildman–Crippen MR) is 68.4 cm³/mol. The molecule has 2 aromatic rings. The van der Waals surface area contributed by atoms with Crippen molar-refractivity contribution < 1.29 is 0 Å². The van der Waals surface area contributed by atoms with Crippen molar-refractivity contribution in [3.8, 4) is 6.07 Å². The molecule has 4 nitrogen and oxygen atoms in total. The Morgan fingerprint density at radius 2 is 1.78 bits per heavy atom. The summed E-state index contributed by atoms with van der Waals surface area (Å²) in [5.74, 6) is 0. The summed E-state index contributed by atoms with van der Waals surface area (Å²) in [5.41, 5.74) is 2.78. The first-order chi connectivity index (χ1) is 8.78. The molecular formula is C14H14N4. The maximum absolute atomic E-state index is 8.80. The number of nitriles is 1. The van der Waals surface area contributed by atoms with Crippen LogP contribution in [-0.4, -0.2) is 21.9 Å². The third-order valence-electron chi connectivity index (χ3n) is 2.59. The predicted octanol–water partition coefficient (Wildman–Crippen LogP) is 1.98. The number of aromatic nitrogens is 2. The molecule has 0 N–H and O–H groups in total. The molecule has 0 saturated carbocycles.